The van der Waals surface area contributed by atoms with Crippen LogP contribution in [0.25, 0.3) is 0 Å². The van der Waals surface area contributed by atoms with Gasteiger partial charge in [-0.15, -0.1) is 0 Å². The topological polar surface area (TPSA) is 46.9 Å². The van der Waals surface area contributed by atoms with Crippen molar-refractivity contribution < 1.29 is 14.6 Å². The monoisotopic (exact) mass is 418 g/mol. The van der Waals surface area contributed by atoms with Gasteiger partial charge in [-0.25, -0.2) is 0 Å². The Hall–Kier alpha value is -2.92. The van der Waals surface area contributed by atoms with E-state index in [1.807, 2.05) is 12.1 Å². The molecule has 162 valence electrons. The lowest BCUT2D eigenvalue weighted by atomic mass is 9.89. The van der Waals surface area contributed by atoms with Gasteiger partial charge in [0.2, 0.25) is 0 Å². The normalized spacial score (nSPS) is 19.2. The van der Waals surface area contributed by atoms with Gasteiger partial charge in [0, 0.05) is 24.2 Å². The highest BCUT2D eigenvalue weighted by Gasteiger charge is 2.33. The summed E-state index contributed by atoms with van der Waals surface area (Å²) in [5, 5.41) is 9.79. The molecule has 1 saturated heterocycles. The summed E-state index contributed by atoms with van der Waals surface area (Å²) in [5.41, 5.74) is 3.74. The Morgan fingerprint density at radius 2 is 1.90 bits per heavy atom. The Bertz CT molecular complexity index is 1040. The van der Waals surface area contributed by atoms with E-state index in [0.29, 0.717) is 11.7 Å². The van der Waals surface area contributed by atoms with Gasteiger partial charge < -0.3 is 24.0 Å². The second-order valence-corrected chi connectivity index (χ2v) is 8.64. The van der Waals surface area contributed by atoms with Gasteiger partial charge in [-0.05, 0) is 68.2 Å². The largest absolute Gasteiger partial charge is 0.504 e. The van der Waals surface area contributed by atoms with Gasteiger partial charge in [-0.3, -0.25) is 0 Å². The molecule has 2 aliphatic rings. The van der Waals surface area contributed by atoms with Gasteiger partial charge in [0.15, 0.2) is 11.5 Å². The molecule has 2 aliphatic heterocycles. The maximum atomic E-state index is 9.79. The predicted molar refractivity (Wildman–Crippen MR) is 121 cm³/mol. The summed E-state index contributed by atoms with van der Waals surface area (Å²) in [6, 6.07) is 18.4. The van der Waals surface area contributed by atoms with Crippen molar-refractivity contribution in [2.24, 2.45) is 5.92 Å². The molecule has 2 aromatic carbocycles. The van der Waals surface area contributed by atoms with E-state index in [2.05, 4.69) is 52.1 Å². The fraction of sp³-hybridized carbons (Fsp3) is 0.385. The molecular weight excluding hydrogens is 388 g/mol. The molecule has 1 fully saturated rings. The first-order valence-electron chi connectivity index (χ1n) is 11.2. The molecule has 31 heavy (non-hydrogen) atoms. The summed E-state index contributed by atoms with van der Waals surface area (Å²) >= 11 is 0. The fourth-order valence-corrected chi connectivity index (χ4v) is 4.94. The number of benzene rings is 2. The lowest BCUT2D eigenvalue weighted by Crippen LogP contribution is -2.38. The first kappa shape index (κ1) is 20.0. The number of ether oxygens (including phenoxy) is 2. The number of hydrogen-bond acceptors (Lipinski definition) is 4. The summed E-state index contributed by atoms with van der Waals surface area (Å²) < 4.78 is 14.2. The summed E-state index contributed by atoms with van der Waals surface area (Å²) in [6.07, 6.45) is 5.52. The third kappa shape index (κ3) is 4.15. The van der Waals surface area contributed by atoms with Gasteiger partial charge in [-0.2, -0.15) is 0 Å². The maximum Gasteiger partial charge on any atom is 0.160 e. The average molecular weight is 419 g/mol. The number of phenolic OH excluding ortho intramolecular Hbond substituents is 1. The highest BCUT2D eigenvalue weighted by atomic mass is 16.5. The Kier molecular flexibility index (Phi) is 5.60. The molecule has 5 heteroatoms. The van der Waals surface area contributed by atoms with Gasteiger partial charge in [0.25, 0.3) is 0 Å². The standard InChI is InChI=1S/C26H30N2O3/c1-30-25-17-19(8-9-23(25)29)10-14-27-15-11-20(12-16-27)26-22-6-4-13-28(22)18-21-5-2-3-7-24(21)31-26/h2-9,13,17,20,26,29H,10-12,14-16,18H2,1H3. The van der Waals surface area contributed by atoms with Crippen molar-refractivity contribution in [2.45, 2.75) is 31.9 Å². The van der Waals surface area contributed by atoms with Crippen molar-refractivity contribution in [3.8, 4) is 17.2 Å². The number of hydrogen-bond donors (Lipinski definition) is 1. The van der Waals surface area contributed by atoms with Crippen molar-refractivity contribution in [2.75, 3.05) is 26.7 Å². The number of para-hydroxylation sites is 1. The van der Waals surface area contributed by atoms with Crippen LogP contribution >= 0.6 is 0 Å². The number of methoxy groups -OCH3 is 1. The zero-order chi connectivity index (χ0) is 21.2. The van der Waals surface area contributed by atoms with Crippen LogP contribution in [-0.2, 0) is 13.0 Å². The van der Waals surface area contributed by atoms with E-state index in [1.54, 1.807) is 13.2 Å². The zero-order valence-corrected chi connectivity index (χ0v) is 18.0. The molecule has 0 radical (unpaired) electrons. The first-order chi connectivity index (χ1) is 15.2. The van der Waals surface area contributed by atoms with Crippen LogP contribution in [0.3, 0.4) is 0 Å². The van der Waals surface area contributed by atoms with Crippen LogP contribution < -0.4 is 9.47 Å². The van der Waals surface area contributed by atoms with E-state index in [1.165, 1.54) is 16.8 Å². The third-order valence-electron chi connectivity index (χ3n) is 6.74. The highest BCUT2D eigenvalue weighted by Crippen LogP contribution is 2.39. The Labute approximate surface area is 183 Å². The number of piperidine rings is 1. The minimum atomic E-state index is 0.113. The number of rotatable bonds is 5. The lowest BCUT2D eigenvalue weighted by Gasteiger charge is -2.36. The van der Waals surface area contributed by atoms with Crippen LogP contribution in [-0.4, -0.2) is 41.3 Å². The molecule has 1 N–H and O–H groups in total. The molecule has 5 rings (SSSR count). The molecule has 1 aromatic heterocycles. The van der Waals surface area contributed by atoms with Gasteiger partial charge in [0.1, 0.15) is 11.9 Å². The predicted octanol–water partition coefficient (Wildman–Crippen LogP) is 4.64. The minimum Gasteiger partial charge on any atom is -0.504 e. The molecule has 0 bridgehead atoms. The molecule has 0 saturated carbocycles. The molecular formula is C26H30N2O3. The second-order valence-electron chi connectivity index (χ2n) is 8.64. The van der Waals surface area contributed by atoms with E-state index < -0.39 is 0 Å². The van der Waals surface area contributed by atoms with E-state index in [9.17, 15) is 5.11 Å². The van der Waals surface area contributed by atoms with Crippen LogP contribution in [0.1, 0.15) is 35.8 Å². The number of aromatic hydroxyl groups is 1. The van der Waals surface area contributed by atoms with E-state index >= 15 is 0 Å². The SMILES string of the molecule is COc1cc(CCN2CCC(C3Oc4ccccc4Cn4cccc43)CC2)ccc1O. The number of nitrogens with zero attached hydrogens (tertiary/aromatic N) is 2. The molecule has 0 spiro atoms. The van der Waals surface area contributed by atoms with Gasteiger partial charge in [0.05, 0.1) is 19.3 Å². The minimum absolute atomic E-state index is 0.113. The number of phenols is 1. The summed E-state index contributed by atoms with van der Waals surface area (Å²) in [5.74, 6) is 2.29. The number of fused-ring (bicyclic) bond motifs is 2. The van der Waals surface area contributed by atoms with Crippen LogP contribution in [0.2, 0.25) is 0 Å². The van der Waals surface area contributed by atoms with E-state index in [-0.39, 0.29) is 11.9 Å². The number of aromatic nitrogens is 1. The molecule has 3 aromatic rings. The molecule has 0 amide bonds. The van der Waals surface area contributed by atoms with Crippen LogP contribution in [0.15, 0.2) is 60.8 Å². The molecule has 5 nitrogen and oxygen atoms in total. The third-order valence-corrected chi connectivity index (χ3v) is 6.74. The van der Waals surface area contributed by atoms with E-state index in [4.69, 9.17) is 9.47 Å². The molecule has 1 unspecified atom stereocenters. The van der Waals surface area contributed by atoms with Crippen LogP contribution in [0, 0.1) is 5.92 Å². The van der Waals surface area contributed by atoms with Crippen LogP contribution in [0.5, 0.6) is 17.2 Å². The molecule has 3 heterocycles. The summed E-state index contributed by atoms with van der Waals surface area (Å²) in [4.78, 5) is 2.54. The molecule has 1 atom stereocenters. The quantitative estimate of drug-likeness (QED) is 0.656. The summed E-state index contributed by atoms with van der Waals surface area (Å²) in [6.45, 7) is 4.07. The van der Waals surface area contributed by atoms with Gasteiger partial charge >= 0.3 is 0 Å². The first-order valence-corrected chi connectivity index (χ1v) is 11.2. The Morgan fingerprint density at radius 3 is 2.74 bits per heavy atom. The Balaban J connectivity index is 1.23. The van der Waals surface area contributed by atoms with Crippen molar-refractivity contribution in [3.63, 3.8) is 0 Å². The van der Waals surface area contributed by atoms with E-state index in [0.717, 1.165) is 51.2 Å². The average Bonchev–Trinajstić information content (AvgIpc) is 3.20. The molecule has 0 aliphatic carbocycles. The van der Waals surface area contributed by atoms with Crippen molar-refractivity contribution in [1.82, 2.24) is 9.47 Å². The van der Waals surface area contributed by atoms with Gasteiger partial charge in [-0.1, -0.05) is 24.3 Å². The van der Waals surface area contributed by atoms with Crippen molar-refractivity contribution >= 4 is 0 Å². The smallest absolute Gasteiger partial charge is 0.160 e. The van der Waals surface area contributed by atoms with Crippen LogP contribution in [0.4, 0.5) is 0 Å². The van der Waals surface area contributed by atoms with Crippen molar-refractivity contribution in [3.05, 3.63) is 77.6 Å². The zero-order valence-electron chi connectivity index (χ0n) is 18.0. The highest BCUT2D eigenvalue weighted by molar-refractivity contribution is 5.41. The maximum absolute atomic E-state index is 9.79. The lowest BCUT2D eigenvalue weighted by molar-refractivity contribution is 0.0745. The second kappa shape index (κ2) is 8.67. The Morgan fingerprint density at radius 1 is 1.06 bits per heavy atom. The van der Waals surface area contributed by atoms with Crippen molar-refractivity contribution in [1.29, 1.82) is 0 Å². The summed E-state index contributed by atoms with van der Waals surface area (Å²) in [7, 11) is 1.59. The fourth-order valence-electron chi connectivity index (χ4n) is 4.94. The number of likely N-dealkylation sites (tertiary alicyclic amines) is 1.